The lowest BCUT2D eigenvalue weighted by atomic mass is 10.1. The van der Waals surface area contributed by atoms with Gasteiger partial charge < -0.3 is 19.9 Å². The first-order valence-corrected chi connectivity index (χ1v) is 7.28. The summed E-state index contributed by atoms with van der Waals surface area (Å²) in [4.78, 5) is 0. The largest absolute Gasteiger partial charge is 0.490 e. The molecular weight excluding hydrogens is 290 g/mol. The van der Waals surface area contributed by atoms with Gasteiger partial charge in [-0.25, -0.2) is 0 Å². The van der Waals surface area contributed by atoms with Crippen molar-refractivity contribution in [1.29, 1.82) is 0 Å². The second-order valence-electron chi connectivity index (χ2n) is 4.75. The van der Waals surface area contributed by atoms with E-state index in [4.69, 9.17) is 21.1 Å². The minimum atomic E-state index is -0.573. The molecular formula is C16H20ClNO3. The third-order valence-electron chi connectivity index (χ3n) is 3.13. The fourth-order valence-corrected chi connectivity index (χ4v) is 2.28. The molecule has 1 atom stereocenters. The van der Waals surface area contributed by atoms with E-state index in [0.717, 1.165) is 16.5 Å². The van der Waals surface area contributed by atoms with Gasteiger partial charge >= 0.3 is 0 Å². The van der Waals surface area contributed by atoms with Crippen LogP contribution in [0.25, 0.3) is 10.8 Å². The van der Waals surface area contributed by atoms with Crippen LogP contribution in [0, 0.1) is 0 Å². The van der Waals surface area contributed by atoms with Crippen molar-refractivity contribution in [3.05, 3.63) is 41.4 Å². The zero-order chi connectivity index (χ0) is 15.1. The number of hydrogen-bond donors (Lipinski definition) is 2. The van der Waals surface area contributed by atoms with Gasteiger partial charge in [0, 0.05) is 36.0 Å². The first-order chi connectivity index (χ1) is 10.2. The summed E-state index contributed by atoms with van der Waals surface area (Å²) in [7, 11) is 1.65. The Balaban J connectivity index is 1.93. The summed E-state index contributed by atoms with van der Waals surface area (Å²) < 4.78 is 10.6. The molecule has 4 nitrogen and oxygen atoms in total. The molecule has 2 aromatic rings. The number of halogens is 1. The fraction of sp³-hybridized carbons (Fsp3) is 0.375. The van der Waals surface area contributed by atoms with Gasteiger partial charge in [-0.2, -0.15) is 0 Å². The van der Waals surface area contributed by atoms with E-state index >= 15 is 0 Å². The molecule has 2 N–H and O–H groups in total. The van der Waals surface area contributed by atoms with Gasteiger partial charge in [0.1, 0.15) is 18.5 Å². The van der Waals surface area contributed by atoms with Gasteiger partial charge in [0.25, 0.3) is 0 Å². The monoisotopic (exact) mass is 309 g/mol. The molecule has 0 saturated heterocycles. The molecule has 0 saturated carbocycles. The third-order valence-corrected chi connectivity index (χ3v) is 3.45. The van der Waals surface area contributed by atoms with Crippen LogP contribution < -0.4 is 10.1 Å². The molecule has 0 aliphatic carbocycles. The maximum Gasteiger partial charge on any atom is 0.127 e. The van der Waals surface area contributed by atoms with Crippen LogP contribution in [-0.4, -0.2) is 44.6 Å². The van der Waals surface area contributed by atoms with Gasteiger partial charge in [-0.3, -0.25) is 0 Å². The first-order valence-electron chi connectivity index (χ1n) is 6.90. The fourth-order valence-electron chi connectivity index (χ4n) is 2.05. The number of rotatable bonds is 8. The van der Waals surface area contributed by atoms with Crippen molar-refractivity contribution in [2.45, 2.75) is 6.10 Å². The maximum absolute atomic E-state index is 9.88. The Morgan fingerprint density at radius 2 is 1.95 bits per heavy atom. The quantitative estimate of drug-likeness (QED) is 0.736. The maximum atomic E-state index is 9.88. The molecule has 0 spiro atoms. The summed E-state index contributed by atoms with van der Waals surface area (Å²) in [5.74, 6) is 0.728. The van der Waals surface area contributed by atoms with Crippen LogP contribution >= 0.6 is 11.6 Å². The number of hydrogen-bond acceptors (Lipinski definition) is 4. The van der Waals surface area contributed by atoms with Crippen molar-refractivity contribution in [1.82, 2.24) is 5.32 Å². The molecule has 1 unspecified atom stereocenters. The smallest absolute Gasteiger partial charge is 0.127 e. The van der Waals surface area contributed by atoms with E-state index in [1.54, 1.807) is 7.11 Å². The van der Waals surface area contributed by atoms with Crippen LogP contribution in [0.3, 0.4) is 0 Å². The predicted molar refractivity (Wildman–Crippen MR) is 85.2 cm³/mol. The minimum Gasteiger partial charge on any atom is -0.490 e. The van der Waals surface area contributed by atoms with Gasteiger partial charge in [0.2, 0.25) is 0 Å². The summed E-state index contributed by atoms with van der Waals surface area (Å²) in [5, 5.41) is 15.6. The Morgan fingerprint density at radius 1 is 1.19 bits per heavy atom. The van der Waals surface area contributed by atoms with Crippen molar-refractivity contribution >= 4 is 22.4 Å². The second-order valence-corrected chi connectivity index (χ2v) is 5.16. The molecule has 114 valence electrons. The predicted octanol–water partition coefficient (Wildman–Crippen LogP) is 2.47. The molecule has 0 amide bonds. The zero-order valence-electron chi connectivity index (χ0n) is 12.0. The average Bonchev–Trinajstić information content (AvgIpc) is 2.51. The summed E-state index contributed by atoms with van der Waals surface area (Å²) >= 11 is 6.16. The van der Waals surface area contributed by atoms with Crippen molar-refractivity contribution in [3.63, 3.8) is 0 Å². The Hall–Kier alpha value is -1.33. The molecule has 2 rings (SSSR count). The Labute approximate surface area is 129 Å². The van der Waals surface area contributed by atoms with Gasteiger partial charge in [-0.1, -0.05) is 35.9 Å². The number of methoxy groups -OCH3 is 1. The Kier molecular flexibility index (Phi) is 6.26. The van der Waals surface area contributed by atoms with Gasteiger partial charge in [0.05, 0.1) is 6.61 Å². The molecule has 0 aromatic heterocycles. The number of fused-ring (bicyclic) bond motifs is 1. The van der Waals surface area contributed by atoms with E-state index in [2.05, 4.69) is 5.32 Å². The Bertz CT molecular complexity index is 576. The molecule has 5 heteroatoms. The number of nitrogens with one attached hydrogen (secondary N) is 1. The van der Waals surface area contributed by atoms with Crippen LogP contribution in [0.2, 0.25) is 5.02 Å². The third kappa shape index (κ3) is 4.58. The normalized spacial score (nSPS) is 12.5. The highest BCUT2D eigenvalue weighted by Gasteiger charge is 2.08. The topological polar surface area (TPSA) is 50.7 Å². The highest BCUT2D eigenvalue weighted by Crippen LogP contribution is 2.31. The van der Waals surface area contributed by atoms with Crippen molar-refractivity contribution in [2.24, 2.45) is 0 Å². The minimum absolute atomic E-state index is 0.228. The first kappa shape index (κ1) is 16.0. The summed E-state index contributed by atoms with van der Waals surface area (Å²) in [5.41, 5.74) is 0. The second kappa shape index (κ2) is 8.20. The Morgan fingerprint density at radius 3 is 2.71 bits per heavy atom. The van der Waals surface area contributed by atoms with E-state index in [0.29, 0.717) is 24.7 Å². The summed E-state index contributed by atoms with van der Waals surface area (Å²) in [6.07, 6.45) is -0.573. The van der Waals surface area contributed by atoms with Gasteiger partial charge in [-0.05, 0) is 12.1 Å². The molecule has 21 heavy (non-hydrogen) atoms. The van der Waals surface area contributed by atoms with Crippen LogP contribution in [-0.2, 0) is 4.74 Å². The summed E-state index contributed by atoms with van der Waals surface area (Å²) in [6.45, 7) is 2.02. The molecule has 0 heterocycles. The molecule has 0 radical (unpaired) electrons. The molecule has 0 fully saturated rings. The molecule has 2 aromatic carbocycles. The van der Waals surface area contributed by atoms with Crippen LogP contribution in [0.5, 0.6) is 5.75 Å². The van der Waals surface area contributed by atoms with E-state index in [1.165, 1.54) is 0 Å². The highest BCUT2D eigenvalue weighted by atomic mass is 35.5. The molecule has 0 aliphatic rings. The number of ether oxygens (including phenoxy) is 2. The number of aliphatic hydroxyl groups excluding tert-OH is 1. The molecule has 0 aliphatic heterocycles. The standard InChI is InChI=1S/C16H20ClNO3/c1-20-9-8-18-10-12(19)11-21-16-7-6-15(17)13-4-2-3-5-14(13)16/h2-7,12,18-19H,8-11H2,1H3. The van der Waals surface area contributed by atoms with Crippen molar-refractivity contribution in [3.8, 4) is 5.75 Å². The van der Waals surface area contributed by atoms with Crippen molar-refractivity contribution in [2.75, 3.05) is 33.4 Å². The molecule has 0 bridgehead atoms. The number of aliphatic hydroxyl groups is 1. The van der Waals surface area contributed by atoms with E-state index in [-0.39, 0.29) is 6.61 Å². The highest BCUT2D eigenvalue weighted by molar-refractivity contribution is 6.35. The lowest BCUT2D eigenvalue weighted by Gasteiger charge is -2.15. The van der Waals surface area contributed by atoms with E-state index in [9.17, 15) is 5.11 Å². The van der Waals surface area contributed by atoms with Crippen LogP contribution in [0.1, 0.15) is 0 Å². The lowest BCUT2D eigenvalue weighted by Crippen LogP contribution is -2.33. The average molecular weight is 310 g/mol. The zero-order valence-corrected chi connectivity index (χ0v) is 12.8. The van der Waals surface area contributed by atoms with Gasteiger partial charge in [-0.15, -0.1) is 0 Å². The van der Waals surface area contributed by atoms with E-state index < -0.39 is 6.10 Å². The van der Waals surface area contributed by atoms with Crippen LogP contribution in [0.4, 0.5) is 0 Å². The SMILES string of the molecule is COCCNCC(O)COc1ccc(Cl)c2ccccc12. The van der Waals surface area contributed by atoms with E-state index in [1.807, 2.05) is 36.4 Å². The van der Waals surface area contributed by atoms with Crippen LogP contribution in [0.15, 0.2) is 36.4 Å². The van der Waals surface area contributed by atoms with Crippen molar-refractivity contribution < 1.29 is 14.6 Å². The number of benzene rings is 2. The summed E-state index contributed by atoms with van der Waals surface area (Å²) in [6, 6.07) is 11.4. The lowest BCUT2D eigenvalue weighted by molar-refractivity contribution is 0.104. The van der Waals surface area contributed by atoms with Gasteiger partial charge in [0.15, 0.2) is 0 Å².